The first-order valence-electron chi connectivity index (χ1n) is 5.21. The highest BCUT2D eigenvalue weighted by molar-refractivity contribution is 9.11. The molecule has 1 saturated carbocycles. The van der Waals surface area contributed by atoms with Gasteiger partial charge in [-0.25, -0.2) is 0 Å². The molecule has 1 fully saturated rings. The first kappa shape index (κ1) is 11.3. The molecule has 7 heteroatoms. The molecule has 3 rings (SSSR count). The quantitative estimate of drug-likeness (QED) is 0.692. The summed E-state index contributed by atoms with van der Waals surface area (Å²) in [5, 5.41) is 11.4. The number of aromatic amines is 1. The Morgan fingerprint density at radius 1 is 1.59 bits per heavy atom. The molecule has 2 aromatic heterocycles. The minimum atomic E-state index is 0.523. The molecule has 1 N–H and O–H groups in total. The van der Waals surface area contributed by atoms with Gasteiger partial charge in [0.05, 0.1) is 10.0 Å². The highest BCUT2D eigenvalue weighted by Gasteiger charge is 2.29. The van der Waals surface area contributed by atoms with E-state index in [2.05, 4.69) is 31.2 Å². The fraction of sp³-hybridized carbons (Fsp3) is 0.300. The van der Waals surface area contributed by atoms with Gasteiger partial charge in [0.15, 0.2) is 5.82 Å². The van der Waals surface area contributed by atoms with Crippen molar-refractivity contribution in [3.63, 3.8) is 0 Å². The maximum Gasteiger partial charge on any atom is 0.216 e. The number of aromatic nitrogens is 3. The largest absolute Gasteiger partial charge is 0.250 e. The fourth-order valence-electron chi connectivity index (χ4n) is 1.53. The molecule has 0 bridgehead atoms. The van der Waals surface area contributed by atoms with Crippen molar-refractivity contribution >= 4 is 45.7 Å². The van der Waals surface area contributed by atoms with Gasteiger partial charge >= 0.3 is 0 Å². The number of thiophene rings is 1. The molecule has 2 aromatic rings. The van der Waals surface area contributed by atoms with Crippen LogP contribution in [0.5, 0.6) is 0 Å². The lowest BCUT2D eigenvalue weighted by atomic mass is 10.4. The smallest absolute Gasteiger partial charge is 0.216 e. The second-order valence-corrected chi connectivity index (χ2v) is 6.74. The SMILES string of the molecule is S=c1[nH]nc(C2CC2)n1/N=C\c1ccc(Br)s1. The third-order valence-corrected chi connectivity index (χ3v) is 4.33. The molecule has 0 saturated heterocycles. The molecule has 0 spiro atoms. The average molecular weight is 329 g/mol. The first-order valence-corrected chi connectivity index (χ1v) is 7.23. The maximum atomic E-state index is 5.17. The Kier molecular flexibility index (Phi) is 2.97. The molecule has 17 heavy (non-hydrogen) atoms. The molecule has 0 atom stereocenters. The third kappa shape index (κ3) is 2.41. The van der Waals surface area contributed by atoms with E-state index in [4.69, 9.17) is 12.2 Å². The van der Waals surface area contributed by atoms with E-state index < -0.39 is 0 Å². The summed E-state index contributed by atoms with van der Waals surface area (Å²) in [6, 6.07) is 4.02. The van der Waals surface area contributed by atoms with E-state index in [-0.39, 0.29) is 0 Å². The number of hydrogen-bond donors (Lipinski definition) is 1. The summed E-state index contributed by atoms with van der Waals surface area (Å²) in [6.45, 7) is 0. The highest BCUT2D eigenvalue weighted by atomic mass is 79.9. The summed E-state index contributed by atoms with van der Waals surface area (Å²) >= 11 is 10.2. The molecule has 0 aliphatic heterocycles. The lowest BCUT2D eigenvalue weighted by molar-refractivity contribution is 0.773. The van der Waals surface area contributed by atoms with E-state index in [0.717, 1.165) is 14.5 Å². The van der Waals surface area contributed by atoms with Gasteiger partial charge in [0, 0.05) is 10.8 Å². The van der Waals surface area contributed by atoms with Crippen molar-refractivity contribution in [3.05, 3.63) is 31.4 Å². The Bertz CT molecular complexity index is 620. The van der Waals surface area contributed by atoms with Gasteiger partial charge in [0.2, 0.25) is 4.77 Å². The second kappa shape index (κ2) is 4.47. The predicted octanol–water partition coefficient (Wildman–Crippen LogP) is 3.52. The molecule has 0 aromatic carbocycles. The van der Waals surface area contributed by atoms with Crippen LogP contribution in [-0.2, 0) is 0 Å². The third-order valence-electron chi connectivity index (χ3n) is 2.51. The summed E-state index contributed by atoms with van der Waals surface area (Å²) in [5.41, 5.74) is 0. The Morgan fingerprint density at radius 3 is 3.06 bits per heavy atom. The van der Waals surface area contributed by atoms with Gasteiger partial charge in [0.1, 0.15) is 0 Å². The number of hydrogen-bond acceptors (Lipinski definition) is 4. The maximum absolute atomic E-state index is 5.17. The van der Waals surface area contributed by atoms with Gasteiger partial charge in [-0.05, 0) is 53.1 Å². The molecule has 4 nitrogen and oxygen atoms in total. The summed E-state index contributed by atoms with van der Waals surface area (Å²) < 4.78 is 3.37. The number of H-pyrrole nitrogens is 1. The number of halogens is 1. The summed E-state index contributed by atoms with van der Waals surface area (Å²) in [7, 11) is 0. The van der Waals surface area contributed by atoms with Crippen molar-refractivity contribution in [1.29, 1.82) is 0 Å². The van der Waals surface area contributed by atoms with Crippen molar-refractivity contribution in [2.45, 2.75) is 18.8 Å². The van der Waals surface area contributed by atoms with Crippen LogP contribution < -0.4 is 0 Å². The first-order chi connectivity index (χ1) is 8.24. The molecular weight excluding hydrogens is 320 g/mol. The minimum absolute atomic E-state index is 0.523. The standard InChI is InChI=1S/C10H9BrN4S2/c11-8-4-3-7(17-8)5-12-15-9(6-1-2-6)13-14-10(15)16/h3-6H,1-2H2,(H,14,16)/b12-5-. The molecule has 2 heterocycles. The van der Waals surface area contributed by atoms with Gasteiger partial charge in [-0.15, -0.1) is 11.3 Å². The van der Waals surface area contributed by atoms with E-state index in [0.29, 0.717) is 10.7 Å². The van der Waals surface area contributed by atoms with Crippen molar-refractivity contribution in [3.8, 4) is 0 Å². The Morgan fingerprint density at radius 2 is 2.41 bits per heavy atom. The number of nitrogens with zero attached hydrogens (tertiary/aromatic N) is 3. The highest BCUT2D eigenvalue weighted by Crippen LogP contribution is 2.38. The molecule has 0 radical (unpaired) electrons. The van der Waals surface area contributed by atoms with Crippen LogP contribution in [0.25, 0.3) is 0 Å². The van der Waals surface area contributed by atoms with Crippen LogP contribution in [0.3, 0.4) is 0 Å². The van der Waals surface area contributed by atoms with Crippen LogP contribution in [0, 0.1) is 4.77 Å². The Balaban J connectivity index is 1.91. The zero-order chi connectivity index (χ0) is 11.8. The predicted molar refractivity (Wildman–Crippen MR) is 74.4 cm³/mol. The topological polar surface area (TPSA) is 46.0 Å². The Hall–Kier alpha value is -0.790. The van der Waals surface area contributed by atoms with Crippen molar-refractivity contribution < 1.29 is 0 Å². The lowest BCUT2D eigenvalue weighted by Gasteiger charge is -1.96. The summed E-state index contributed by atoms with van der Waals surface area (Å²) in [6.07, 6.45) is 4.17. The van der Waals surface area contributed by atoms with Gasteiger partial charge in [0.25, 0.3) is 0 Å². The van der Waals surface area contributed by atoms with E-state index in [1.54, 1.807) is 16.0 Å². The molecular formula is C10H9BrN4S2. The number of nitrogens with one attached hydrogen (secondary N) is 1. The minimum Gasteiger partial charge on any atom is -0.250 e. The molecule has 88 valence electrons. The van der Waals surface area contributed by atoms with Crippen LogP contribution in [0.2, 0.25) is 0 Å². The lowest BCUT2D eigenvalue weighted by Crippen LogP contribution is -1.96. The monoisotopic (exact) mass is 328 g/mol. The van der Waals surface area contributed by atoms with Gasteiger partial charge in [-0.2, -0.15) is 14.9 Å². The molecule has 1 aliphatic rings. The van der Waals surface area contributed by atoms with Crippen LogP contribution >= 0.6 is 39.5 Å². The van der Waals surface area contributed by atoms with Crippen molar-refractivity contribution in [2.24, 2.45) is 5.10 Å². The van der Waals surface area contributed by atoms with Crippen LogP contribution in [0.15, 0.2) is 21.0 Å². The Labute approximate surface area is 116 Å². The van der Waals surface area contributed by atoms with E-state index in [1.807, 2.05) is 18.3 Å². The zero-order valence-corrected chi connectivity index (χ0v) is 12.0. The van der Waals surface area contributed by atoms with E-state index in [1.165, 1.54) is 12.8 Å². The van der Waals surface area contributed by atoms with Crippen molar-refractivity contribution in [1.82, 2.24) is 14.9 Å². The fourth-order valence-corrected chi connectivity index (χ4v) is 3.01. The van der Waals surface area contributed by atoms with E-state index >= 15 is 0 Å². The van der Waals surface area contributed by atoms with Crippen LogP contribution in [0.4, 0.5) is 0 Å². The normalized spacial score (nSPS) is 15.8. The van der Waals surface area contributed by atoms with Crippen molar-refractivity contribution in [2.75, 3.05) is 0 Å². The van der Waals surface area contributed by atoms with E-state index in [9.17, 15) is 0 Å². The summed E-state index contributed by atoms with van der Waals surface area (Å²) in [5.74, 6) is 1.47. The van der Waals surface area contributed by atoms with Gasteiger partial charge in [-0.3, -0.25) is 5.10 Å². The van der Waals surface area contributed by atoms with Crippen LogP contribution in [-0.4, -0.2) is 21.1 Å². The summed E-state index contributed by atoms with van der Waals surface area (Å²) in [4.78, 5) is 1.08. The average Bonchev–Trinajstić information content (AvgIpc) is 2.97. The zero-order valence-electron chi connectivity index (χ0n) is 8.76. The van der Waals surface area contributed by atoms with Gasteiger partial charge < -0.3 is 0 Å². The van der Waals surface area contributed by atoms with Crippen LogP contribution in [0.1, 0.15) is 29.5 Å². The molecule has 0 unspecified atom stereocenters. The number of rotatable bonds is 3. The molecule has 1 aliphatic carbocycles. The van der Waals surface area contributed by atoms with Gasteiger partial charge in [-0.1, -0.05) is 0 Å². The molecule has 0 amide bonds. The second-order valence-electron chi connectivity index (χ2n) is 3.86.